The first-order valence-electron chi connectivity index (χ1n) is 9.31. The molecule has 0 aliphatic heterocycles. The van der Waals surface area contributed by atoms with Crippen molar-refractivity contribution < 1.29 is 31.5 Å². The van der Waals surface area contributed by atoms with Crippen LogP contribution in [0.15, 0.2) is 66.9 Å². The van der Waals surface area contributed by atoms with Gasteiger partial charge < -0.3 is 14.5 Å². The minimum Gasteiger partial charge on any atom is -0.497 e. The van der Waals surface area contributed by atoms with Crippen molar-refractivity contribution in [2.75, 3.05) is 12.4 Å². The van der Waals surface area contributed by atoms with Crippen LogP contribution in [0.2, 0.25) is 0 Å². The fourth-order valence-corrected chi connectivity index (χ4v) is 3.42. The normalized spacial score (nSPS) is 11.6. The summed E-state index contributed by atoms with van der Waals surface area (Å²) in [6.07, 6.45) is -3.14. The molecule has 1 N–H and O–H groups in total. The lowest BCUT2D eigenvalue weighted by Crippen LogP contribution is -2.15. The number of carbonyl (C=O) groups excluding carboxylic acids is 1. The van der Waals surface area contributed by atoms with Crippen LogP contribution in [0.5, 0.6) is 5.75 Å². The third-order valence-electron chi connectivity index (χ3n) is 4.89. The van der Waals surface area contributed by atoms with Gasteiger partial charge in [-0.05, 0) is 42.0 Å². The van der Waals surface area contributed by atoms with Crippen LogP contribution in [0.25, 0.3) is 16.8 Å². The van der Waals surface area contributed by atoms with Gasteiger partial charge in [-0.3, -0.25) is 4.79 Å². The molecule has 0 aliphatic carbocycles. The Morgan fingerprint density at radius 1 is 0.969 bits per heavy atom. The number of methoxy groups -OCH3 is 1. The molecule has 0 saturated heterocycles. The summed E-state index contributed by atoms with van der Waals surface area (Å²) in [5.41, 5.74) is -0.985. The van der Waals surface area contributed by atoms with Crippen LogP contribution in [0.1, 0.15) is 15.9 Å². The Balaban J connectivity index is 1.71. The van der Waals surface area contributed by atoms with Gasteiger partial charge in [-0.2, -0.15) is 13.2 Å². The number of anilines is 1. The topological polar surface area (TPSA) is 42.7 Å². The molecule has 32 heavy (non-hydrogen) atoms. The molecule has 2 heterocycles. The lowest BCUT2D eigenvalue weighted by molar-refractivity contribution is -0.137. The summed E-state index contributed by atoms with van der Waals surface area (Å²) >= 11 is 0. The summed E-state index contributed by atoms with van der Waals surface area (Å²) in [5, 5.41) is 2.34. The van der Waals surface area contributed by atoms with Crippen molar-refractivity contribution in [1.82, 2.24) is 4.40 Å². The van der Waals surface area contributed by atoms with Gasteiger partial charge in [-0.1, -0.05) is 18.2 Å². The van der Waals surface area contributed by atoms with Gasteiger partial charge in [0.05, 0.1) is 18.4 Å². The summed E-state index contributed by atoms with van der Waals surface area (Å²) in [4.78, 5) is 12.2. The van der Waals surface area contributed by atoms with E-state index < -0.39 is 34.8 Å². The number of nitrogens with one attached hydrogen (secondary N) is 1. The number of halogens is 5. The second kappa shape index (κ2) is 7.99. The van der Waals surface area contributed by atoms with E-state index in [9.17, 15) is 26.7 Å². The number of hydrogen-bond donors (Lipinski definition) is 1. The molecule has 4 aromatic rings. The number of ether oxygens (including phenoxy) is 1. The zero-order valence-electron chi connectivity index (χ0n) is 16.5. The Labute approximate surface area is 178 Å². The van der Waals surface area contributed by atoms with E-state index in [2.05, 4.69) is 5.32 Å². The maximum absolute atomic E-state index is 13.8. The molecule has 0 spiro atoms. The molecule has 0 atom stereocenters. The molecule has 0 fully saturated rings. The Hall–Kier alpha value is -3.88. The van der Waals surface area contributed by atoms with E-state index in [0.29, 0.717) is 11.3 Å². The summed E-state index contributed by atoms with van der Waals surface area (Å²) < 4.78 is 75.1. The van der Waals surface area contributed by atoms with E-state index in [4.69, 9.17) is 4.74 Å². The molecule has 2 aromatic carbocycles. The monoisotopic (exact) mass is 446 g/mol. The number of hydrogen-bond acceptors (Lipinski definition) is 2. The molecule has 164 valence electrons. The molecule has 0 radical (unpaired) electrons. The zero-order valence-corrected chi connectivity index (χ0v) is 16.5. The highest BCUT2D eigenvalue weighted by molar-refractivity contribution is 6.04. The summed E-state index contributed by atoms with van der Waals surface area (Å²) in [5.74, 6) is -2.65. The number of nitrogens with zero attached hydrogens (tertiary/aromatic N) is 1. The van der Waals surface area contributed by atoms with Crippen LogP contribution in [0, 0.1) is 11.6 Å². The van der Waals surface area contributed by atoms with E-state index in [1.807, 2.05) is 0 Å². The minimum absolute atomic E-state index is 0.0897. The summed E-state index contributed by atoms with van der Waals surface area (Å²) in [6.45, 7) is 0. The van der Waals surface area contributed by atoms with E-state index in [0.717, 1.165) is 24.3 Å². The third-order valence-corrected chi connectivity index (χ3v) is 4.89. The summed E-state index contributed by atoms with van der Waals surface area (Å²) in [7, 11) is 1.42. The van der Waals surface area contributed by atoms with Gasteiger partial charge in [0, 0.05) is 23.5 Å². The highest BCUT2D eigenvalue weighted by Gasteiger charge is 2.36. The Morgan fingerprint density at radius 3 is 2.22 bits per heavy atom. The van der Waals surface area contributed by atoms with Crippen molar-refractivity contribution in [3.63, 3.8) is 0 Å². The van der Waals surface area contributed by atoms with Crippen molar-refractivity contribution in [2.45, 2.75) is 6.18 Å². The van der Waals surface area contributed by atoms with Crippen LogP contribution in [0.3, 0.4) is 0 Å². The molecular weight excluding hydrogens is 431 g/mol. The first kappa shape index (κ1) is 21.4. The Kier molecular flexibility index (Phi) is 5.33. The SMILES string of the molecule is COc1ccn2c(-c3ccc(NC(=O)c4c(F)cccc4F)cc3)c(C(F)(F)F)cc2c1. The predicted molar refractivity (Wildman–Crippen MR) is 109 cm³/mol. The number of benzene rings is 2. The predicted octanol–water partition coefficient (Wildman–Crippen LogP) is 6.16. The Bertz CT molecular complexity index is 1290. The van der Waals surface area contributed by atoms with Crippen LogP contribution in [0.4, 0.5) is 27.6 Å². The molecule has 4 nitrogen and oxygen atoms in total. The van der Waals surface area contributed by atoms with Crippen LogP contribution < -0.4 is 10.1 Å². The fourth-order valence-electron chi connectivity index (χ4n) is 3.42. The van der Waals surface area contributed by atoms with E-state index in [1.54, 1.807) is 0 Å². The largest absolute Gasteiger partial charge is 0.497 e. The van der Waals surface area contributed by atoms with Crippen molar-refractivity contribution in [3.8, 4) is 17.0 Å². The maximum Gasteiger partial charge on any atom is 0.418 e. The van der Waals surface area contributed by atoms with Crippen LogP contribution in [-0.4, -0.2) is 17.4 Å². The smallest absolute Gasteiger partial charge is 0.418 e. The van der Waals surface area contributed by atoms with E-state index in [1.165, 1.54) is 54.1 Å². The van der Waals surface area contributed by atoms with Gasteiger partial charge >= 0.3 is 6.18 Å². The van der Waals surface area contributed by atoms with Gasteiger partial charge in [-0.15, -0.1) is 0 Å². The van der Waals surface area contributed by atoms with Gasteiger partial charge in [0.1, 0.15) is 22.9 Å². The van der Waals surface area contributed by atoms with Crippen molar-refractivity contribution in [2.24, 2.45) is 0 Å². The second-order valence-electron chi connectivity index (χ2n) is 6.89. The average molecular weight is 446 g/mol. The molecule has 1 amide bonds. The molecule has 0 saturated carbocycles. The highest BCUT2D eigenvalue weighted by atomic mass is 19.4. The lowest BCUT2D eigenvalue weighted by Gasteiger charge is -2.12. The van der Waals surface area contributed by atoms with Gasteiger partial charge in [0.2, 0.25) is 0 Å². The number of rotatable bonds is 4. The van der Waals surface area contributed by atoms with Gasteiger partial charge in [-0.25, -0.2) is 8.78 Å². The van der Waals surface area contributed by atoms with E-state index >= 15 is 0 Å². The molecule has 2 aromatic heterocycles. The standard InChI is InChI=1S/C23H15F5N2O2/c1-32-16-9-10-30-15(11-16)12-17(23(26,27)28)21(30)13-5-7-14(8-6-13)29-22(31)20-18(24)3-2-4-19(20)25/h2-12H,1H3,(H,29,31). The van der Waals surface area contributed by atoms with Crippen molar-refractivity contribution in [1.29, 1.82) is 0 Å². The maximum atomic E-state index is 13.8. The van der Waals surface area contributed by atoms with Crippen LogP contribution >= 0.6 is 0 Å². The van der Waals surface area contributed by atoms with Gasteiger partial charge in [0.25, 0.3) is 5.91 Å². The number of fused-ring (bicyclic) bond motifs is 1. The Morgan fingerprint density at radius 2 is 1.62 bits per heavy atom. The molecule has 0 bridgehead atoms. The number of alkyl halides is 3. The van der Waals surface area contributed by atoms with Crippen molar-refractivity contribution in [3.05, 3.63) is 89.6 Å². The molecule has 0 unspecified atom stereocenters. The van der Waals surface area contributed by atoms with Gasteiger partial charge in [0.15, 0.2) is 0 Å². The number of pyridine rings is 1. The van der Waals surface area contributed by atoms with E-state index in [-0.39, 0.29) is 16.9 Å². The minimum atomic E-state index is -4.61. The third kappa shape index (κ3) is 3.89. The quantitative estimate of drug-likeness (QED) is 0.382. The number of amides is 1. The lowest BCUT2D eigenvalue weighted by atomic mass is 10.1. The fraction of sp³-hybridized carbons (Fsp3) is 0.0870. The molecule has 0 aliphatic rings. The number of aromatic nitrogens is 1. The first-order chi connectivity index (χ1) is 15.2. The molecule has 4 rings (SSSR count). The van der Waals surface area contributed by atoms with Crippen LogP contribution in [-0.2, 0) is 6.18 Å². The highest BCUT2D eigenvalue weighted by Crippen LogP contribution is 2.40. The zero-order chi connectivity index (χ0) is 23.0. The molecule has 9 heteroatoms. The van der Waals surface area contributed by atoms with Crippen molar-refractivity contribution >= 4 is 17.1 Å². The molecular formula is C23H15F5N2O2. The number of carbonyl (C=O) groups is 1. The average Bonchev–Trinajstić information content (AvgIpc) is 3.13. The second-order valence-corrected chi connectivity index (χ2v) is 6.89. The summed E-state index contributed by atoms with van der Waals surface area (Å²) in [6, 6.07) is 12.6. The first-order valence-corrected chi connectivity index (χ1v) is 9.31.